The van der Waals surface area contributed by atoms with Crippen LogP contribution in [0.15, 0.2) is 96.1 Å². The van der Waals surface area contributed by atoms with Crippen LogP contribution in [-0.4, -0.2) is 63.7 Å². The van der Waals surface area contributed by atoms with Crippen molar-refractivity contribution in [2.75, 3.05) is 38.4 Å². The summed E-state index contributed by atoms with van der Waals surface area (Å²) >= 11 is 0. The van der Waals surface area contributed by atoms with Crippen molar-refractivity contribution in [3.63, 3.8) is 0 Å². The van der Waals surface area contributed by atoms with Gasteiger partial charge in [0.1, 0.15) is 29.1 Å². The number of anilines is 2. The fourth-order valence-electron chi connectivity index (χ4n) is 5.08. The smallest absolute Gasteiger partial charge is 0.339 e. The predicted octanol–water partition coefficient (Wildman–Crippen LogP) is 4.57. The number of para-hydroxylation sites is 1. The lowest BCUT2D eigenvalue weighted by Gasteiger charge is -2.18. The summed E-state index contributed by atoms with van der Waals surface area (Å²) in [7, 11) is 5.27. The zero-order chi connectivity index (χ0) is 30.8. The molecule has 0 radical (unpaired) electrons. The zero-order valence-electron chi connectivity index (χ0n) is 24.8. The molecular formula is C33H33N7O4. The lowest BCUT2D eigenvalue weighted by molar-refractivity contribution is -0.113. The lowest BCUT2D eigenvalue weighted by atomic mass is 10.2. The number of carbonyl (C=O) groups is 1. The number of rotatable bonds is 10. The minimum Gasteiger partial charge on any atom is -0.495 e. The highest BCUT2D eigenvalue weighted by atomic mass is 16.5. The Morgan fingerprint density at radius 1 is 1.00 bits per heavy atom. The number of hydrogen-bond acceptors (Lipinski definition) is 8. The van der Waals surface area contributed by atoms with Gasteiger partial charge in [-0.15, -0.1) is 0 Å². The minimum absolute atomic E-state index is 0.138. The standard InChI is InChI=1S/C33H33N7O4/c1-37(22-11-12-22)19-7-10-29(41)38(2)24-15-18-28(43-3)27(20-24)40-32-30(31(34)35-21-36-32)39(33(40)42)23-13-16-26(17-14-23)44-25-8-5-4-6-9-25/h4-10,13-18,20-22H,11-12,19H2,1-3H3,(H2,34,35,36). The number of nitrogen functional groups attached to an aromatic ring is 1. The lowest BCUT2D eigenvalue weighted by Crippen LogP contribution is -2.26. The summed E-state index contributed by atoms with van der Waals surface area (Å²) in [6.45, 7) is 0.702. The van der Waals surface area contributed by atoms with Gasteiger partial charge in [0.2, 0.25) is 5.91 Å². The van der Waals surface area contributed by atoms with Crippen LogP contribution in [0.25, 0.3) is 22.5 Å². The van der Waals surface area contributed by atoms with E-state index in [0.717, 1.165) is 0 Å². The third-order valence-electron chi connectivity index (χ3n) is 7.67. The van der Waals surface area contributed by atoms with Crippen LogP contribution in [0.3, 0.4) is 0 Å². The Hall–Kier alpha value is -5.42. The number of aromatic nitrogens is 4. The Kier molecular flexibility index (Phi) is 7.86. The molecule has 0 bridgehead atoms. The van der Waals surface area contributed by atoms with Crippen LogP contribution < -0.4 is 25.8 Å². The number of nitrogens with two attached hydrogens (primary N) is 1. The molecule has 44 heavy (non-hydrogen) atoms. The second-order valence-corrected chi connectivity index (χ2v) is 10.6. The molecule has 2 aromatic heterocycles. The van der Waals surface area contributed by atoms with Gasteiger partial charge in [0.15, 0.2) is 11.5 Å². The van der Waals surface area contributed by atoms with Crippen LogP contribution in [0.4, 0.5) is 11.5 Å². The Labute approximate surface area is 254 Å². The van der Waals surface area contributed by atoms with Gasteiger partial charge in [-0.3, -0.25) is 14.3 Å². The maximum Gasteiger partial charge on any atom is 0.339 e. The molecule has 3 aromatic carbocycles. The maximum absolute atomic E-state index is 14.2. The van der Waals surface area contributed by atoms with E-state index in [4.69, 9.17) is 15.2 Å². The number of hydrogen-bond donors (Lipinski definition) is 1. The Bertz CT molecular complexity index is 1890. The van der Waals surface area contributed by atoms with Gasteiger partial charge in [-0.2, -0.15) is 0 Å². The molecule has 1 saturated carbocycles. The van der Waals surface area contributed by atoms with E-state index in [1.807, 2.05) is 36.4 Å². The SMILES string of the molecule is COc1ccc(N(C)C(=O)C=CCN(C)C2CC2)cc1-n1c(=O)n(-c2ccc(Oc3ccccc3)cc2)c2c(N)ncnc21. The molecule has 1 aliphatic carbocycles. The Morgan fingerprint density at radius 2 is 1.73 bits per heavy atom. The minimum atomic E-state index is -0.434. The molecule has 2 heterocycles. The van der Waals surface area contributed by atoms with E-state index >= 15 is 0 Å². The first-order valence-electron chi connectivity index (χ1n) is 14.3. The Morgan fingerprint density at radius 3 is 2.43 bits per heavy atom. The van der Waals surface area contributed by atoms with Crippen molar-refractivity contribution < 1.29 is 14.3 Å². The fourth-order valence-corrected chi connectivity index (χ4v) is 5.08. The highest BCUT2D eigenvalue weighted by molar-refractivity contribution is 6.01. The topological polar surface area (TPSA) is 121 Å². The molecule has 11 heteroatoms. The summed E-state index contributed by atoms with van der Waals surface area (Å²) in [5.41, 5.74) is 8.04. The first-order valence-corrected chi connectivity index (χ1v) is 14.3. The van der Waals surface area contributed by atoms with Crippen LogP contribution in [0, 0.1) is 0 Å². The molecule has 2 N–H and O–H groups in total. The average Bonchev–Trinajstić information content (AvgIpc) is 3.85. The number of likely N-dealkylation sites (N-methyl/N-ethyl adjacent to an activating group) is 2. The number of amides is 1. The van der Waals surface area contributed by atoms with Gasteiger partial charge < -0.3 is 20.1 Å². The van der Waals surface area contributed by atoms with Crippen molar-refractivity contribution in [1.82, 2.24) is 24.0 Å². The molecule has 0 aliphatic heterocycles. The van der Waals surface area contributed by atoms with E-state index in [-0.39, 0.29) is 11.7 Å². The zero-order valence-corrected chi connectivity index (χ0v) is 24.8. The highest BCUT2D eigenvalue weighted by Crippen LogP contribution is 2.32. The van der Waals surface area contributed by atoms with Crippen molar-refractivity contribution in [3.05, 3.63) is 102 Å². The summed E-state index contributed by atoms with van der Waals surface area (Å²) in [5, 5.41) is 0. The molecule has 11 nitrogen and oxygen atoms in total. The molecule has 0 unspecified atom stereocenters. The molecule has 1 aliphatic rings. The number of benzene rings is 3. The maximum atomic E-state index is 14.2. The molecular weight excluding hydrogens is 558 g/mol. The van der Waals surface area contributed by atoms with Crippen molar-refractivity contribution in [2.45, 2.75) is 18.9 Å². The molecule has 1 amide bonds. The van der Waals surface area contributed by atoms with E-state index in [1.54, 1.807) is 55.6 Å². The average molecular weight is 592 g/mol. The normalized spacial score (nSPS) is 13.1. The van der Waals surface area contributed by atoms with E-state index in [1.165, 1.54) is 40.3 Å². The van der Waals surface area contributed by atoms with E-state index < -0.39 is 5.69 Å². The van der Waals surface area contributed by atoms with Crippen LogP contribution in [0.5, 0.6) is 17.2 Å². The van der Waals surface area contributed by atoms with Crippen molar-refractivity contribution in [2.24, 2.45) is 0 Å². The van der Waals surface area contributed by atoms with Crippen molar-refractivity contribution in [1.29, 1.82) is 0 Å². The number of ether oxygens (including phenoxy) is 2. The molecule has 0 atom stereocenters. The molecule has 0 spiro atoms. The van der Waals surface area contributed by atoms with Crippen LogP contribution >= 0.6 is 0 Å². The fraction of sp³-hybridized carbons (Fsp3) is 0.212. The van der Waals surface area contributed by atoms with E-state index in [9.17, 15) is 9.59 Å². The quantitative estimate of drug-likeness (QED) is 0.235. The van der Waals surface area contributed by atoms with Crippen LogP contribution in [0.2, 0.25) is 0 Å². The Balaban J connectivity index is 1.38. The monoisotopic (exact) mass is 591 g/mol. The van der Waals surface area contributed by atoms with Gasteiger partial charge in [-0.1, -0.05) is 24.3 Å². The largest absolute Gasteiger partial charge is 0.495 e. The molecule has 224 valence electrons. The highest BCUT2D eigenvalue weighted by Gasteiger charge is 2.25. The summed E-state index contributed by atoms with van der Waals surface area (Å²) in [5.74, 6) is 1.67. The van der Waals surface area contributed by atoms with Crippen molar-refractivity contribution >= 4 is 28.6 Å². The number of fused-ring (bicyclic) bond motifs is 1. The van der Waals surface area contributed by atoms with E-state index in [0.29, 0.717) is 58.1 Å². The summed E-state index contributed by atoms with van der Waals surface area (Å²) in [6, 6.07) is 22.3. The summed E-state index contributed by atoms with van der Waals surface area (Å²) in [6.07, 6.45) is 7.15. The van der Waals surface area contributed by atoms with Gasteiger partial charge in [0.05, 0.1) is 18.5 Å². The molecule has 6 rings (SSSR count). The first-order chi connectivity index (χ1) is 21.4. The second-order valence-electron chi connectivity index (χ2n) is 10.6. The molecule has 1 fully saturated rings. The van der Waals surface area contributed by atoms with Gasteiger partial charge in [0.25, 0.3) is 0 Å². The van der Waals surface area contributed by atoms with Crippen molar-refractivity contribution in [3.8, 4) is 28.6 Å². The summed E-state index contributed by atoms with van der Waals surface area (Å²) < 4.78 is 14.4. The molecule has 5 aromatic rings. The number of nitrogens with zero attached hydrogens (tertiary/aromatic N) is 6. The summed E-state index contributed by atoms with van der Waals surface area (Å²) in [4.78, 5) is 39.6. The van der Waals surface area contributed by atoms with Crippen LogP contribution in [0.1, 0.15) is 12.8 Å². The third kappa shape index (κ3) is 5.64. The van der Waals surface area contributed by atoms with E-state index in [2.05, 4.69) is 21.9 Å². The predicted molar refractivity (Wildman–Crippen MR) is 170 cm³/mol. The number of carbonyl (C=O) groups excluding carboxylic acids is 1. The first kappa shape index (κ1) is 28.7. The number of imidazole rings is 1. The third-order valence-corrected chi connectivity index (χ3v) is 7.67. The van der Waals surface area contributed by atoms with Gasteiger partial charge in [-0.25, -0.2) is 19.3 Å². The van der Waals surface area contributed by atoms with Gasteiger partial charge in [-0.05, 0) is 74.5 Å². The molecule has 0 saturated heterocycles. The second kappa shape index (κ2) is 12.1. The van der Waals surface area contributed by atoms with Gasteiger partial charge in [0, 0.05) is 31.4 Å². The van der Waals surface area contributed by atoms with Crippen LogP contribution in [-0.2, 0) is 4.79 Å². The van der Waals surface area contributed by atoms with Gasteiger partial charge >= 0.3 is 5.69 Å². The number of methoxy groups -OCH3 is 1.